The van der Waals surface area contributed by atoms with Crippen molar-refractivity contribution in [2.45, 2.75) is 25.9 Å². The minimum absolute atomic E-state index is 0.343. The van der Waals surface area contributed by atoms with Gasteiger partial charge in [0, 0.05) is 13.2 Å². The molecule has 1 aliphatic heterocycles. The molecule has 0 saturated carbocycles. The van der Waals surface area contributed by atoms with Crippen molar-refractivity contribution in [3.8, 4) is 0 Å². The fraction of sp³-hybridized carbons (Fsp3) is 0.700. The monoisotopic (exact) mass is 213 g/mol. The van der Waals surface area contributed by atoms with Gasteiger partial charge in [0.05, 0.1) is 16.7 Å². The average molecular weight is 213 g/mol. The van der Waals surface area contributed by atoms with Gasteiger partial charge >= 0.3 is 0 Å². The summed E-state index contributed by atoms with van der Waals surface area (Å²) in [6, 6.07) is 1.98. The molecule has 0 spiro atoms. The molecule has 1 aromatic heterocycles. The summed E-state index contributed by atoms with van der Waals surface area (Å²) in [5.74, 6) is 0.351. The first-order chi connectivity index (χ1) is 6.77. The van der Waals surface area contributed by atoms with Crippen LogP contribution in [-0.4, -0.2) is 22.7 Å². The minimum atomic E-state index is -0.343. The highest BCUT2D eigenvalue weighted by atomic mass is 32.1. The molecule has 1 aliphatic rings. The number of rotatable bonds is 2. The summed E-state index contributed by atoms with van der Waals surface area (Å²) in [4.78, 5) is 0.995. The molecule has 1 aromatic rings. The Hall–Kier alpha value is -0.450. The van der Waals surface area contributed by atoms with Crippen molar-refractivity contribution < 1.29 is 9.84 Å². The zero-order valence-corrected chi connectivity index (χ0v) is 9.09. The van der Waals surface area contributed by atoms with Crippen LogP contribution in [0.2, 0.25) is 0 Å². The molecule has 1 saturated heterocycles. The van der Waals surface area contributed by atoms with Gasteiger partial charge in [-0.15, -0.1) is 0 Å². The first-order valence-electron chi connectivity index (χ1n) is 4.96. The maximum atomic E-state index is 10.1. The van der Waals surface area contributed by atoms with Gasteiger partial charge in [-0.3, -0.25) is 0 Å². The number of nitrogens with zero attached hydrogens (tertiary/aromatic N) is 1. The molecule has 0 bridgehead atoms. The molecule has 2 heterocycles. The average Bonchev–Trinajstić information content (AvgIpc) is 2.65. The lowest BCUT2D eigenvalue weighted by Crippen LogP contribution is -2.21. The second-order valence-electron chi connectivity index (χ2n) is 3.77. The van der Waals surface area contributed by atoms with Crippen LogP contribution in [0.4, 0.5) is 0 Å². The van der Waals surface area contributed by atoms with Crippen LogP contribution in [0.25, 0.3) is 0 Å². The van der Waals surface area contributed by atoms with Crippen LogP contribution in [0.5, 0.6) is 0 Å². The third kappa shape index (κ3) is 2.13. The number of ether oxygens (including phenoxy) is 1. The van der Waals surface area contributed by atoms with E-state index in [-0.39, 0.29) is 6.10 Å². The van der Waals surface area contributed by atoms with Crippen LogP contribution in [0.15, 0.2) is 6.07 Å². The number of hydrogen-bond donors (Lipinski definition) is 1. The van der Waals surface area contributed by atoms with Crippen molar-refractivity contribution in [3.63, 3.8) is 0 Å². The van der Waals surface area contributed by atoms with Gasteiger partial charge in [-0.2, -0.15) is 4.37 Å². The van der Waals surface area contributed by atoms with E-state index < -0.39 is 0 Å². The van der Waals surface area contributed by atoms with E-state index in [2.05, 4.69) is 4.37 Å². The predicted octanol–water partition coefficient (Wildman–Crippen LogP) is 1.91. The van der Waals surface area contributed by atoms with E-state index in [0.29, 0.717) is 5.92 Å². The third-order valence-corrected chi connectivity index (χ3v) is 3.60. The molecule has 0 aromatic carbocycles. The largest absolute Gasteiger partial charge is 0.387 e. The topological polar surface area (TPSA) is 42.4 Å². The lowest BCUT2D eigenvalue weighted by Gasteiger charge is -2.25. The first kappa shape index (κ1) is 10.1. The van der Waals surface area contributed by atoms with Crippen LogP contribution >= 0.6 is 11.5 Å². The molecule has 3 nitrogen and oxygen atoms in total. The first-order valence-corrected chi connectivity index (χ1v) is 5.74. The van der Waals surface area contributed by atoms with Gasteiger partial charge in [0.2, 0.25) is 0 Å². The SMILES string of the molecule is Cc1cc(C(O)C2CCOCC2)sn1. The van der Waals surface area contributed by atoms with Gasteiger partial charge in [-0.1, -0.05) is 0 Å². The highest BCUT2D eigenvalue weighted by Gasteiger charge is 2.24. The van der Waals surface area contributed by atoms with Crippen LogP contribution in [0.3, 0.4) is 0 Å². The quantitative estimate of drug-likeness (QED) is 0.816. The van der Waals surface area contributed by atoms with Gasteiger partial charge in [-0.25, -0.2) is 0 Å². The maximum Gasteiger partial charge on any atom is 0.0927 e. The second kappa shape index (κ2) is 4.38. The second-order valence-corrected chi connectivity index (χ2v) is 4.60. The Morgan fingerprint density at radius 2 is 2.29 bits per heavy atom. The summed E-state index contributed by atoms with van der Waals surface area (Å²) in [5.41, 5.74) is 0.996. The van der Waals surface area contributed by atoms with Crippen LogP contribution in [0.1, 0.15) is 29.5 Å². The van der Waals surface area contributed by atoms with Crippen molar-refractivity contribution in [3.05, 3.63) is 16.6 Å². The molecule has 1 unspecified atom stereocenters. The summed E-state index contributed by atoms with van der Waals surface area (Å²) in [7, 11) is 0. The molecule has 0 aliphatic carbocycles. The summed E-state index contributed by atoms with van der Waals surface area (Å²) in [6.45, 7) is 3.51. The molecule has 4 heteroatoms. The smallest absolute Gasteiger partial charge is 0.0927 e. The zero-order valence-electron chi connectivity index (χ0n) is 8.27. The Bertz CT molecular complexity index is 294. The molecular formula is C10H15NO2S. The normalized spacial score (nSPS) is 21.0. The van der Waals surface area contributed by atoms with Crippen molar-refractivity contribution in [1.82, 2.24) is 4.37 Å². The zero-order chi connectivity index (χ0) is 9.97. The van der Waals surface area contributed by atoms with Crippen LogP contribution < -0.4 is 0 Å². The fourth-order valence-electron chi connectivity index (χ4n) is 1.79. The van der Waals surface area contributed by atoms with Crippen molar-refractivity contribution >= 4 is 11.5 Å². The van der Waals surface area contributed by atoms with Gasteiger partial charge < -0.3 is 9.84 Å². The maximum absolute atomic E-state index is 10.1. The number of hydrogen-bond acceptors (Lipinski definition) is 4. The summed E-state index contributed by atoms with van der Waals surface area (Å²) < 4.78 is 9.45. The number of aryl methyl sites for hydroxylation is 1. The van der Waals surface area contributed by atoms with E-state index in [1.807, 2.05) is 13.0 Å². The molecule has 78 valence electrons. The van der Waals surface area contributed by atoms with E-state index in [9.17, 15) is 5.11 Å². The predicted molar refractivity (Wildman–Crippen MR) is 55.4 cm³/mol. The molecule has 1 fully saturated rings. The Morgan fingerprint density at radius 1 is 1.57 bits per heavy atom. The molecule has 2 rings (SSSR count). The van der Waals surface area contributed by atoms with E-state index >= 15 is 0 Å². The Labute approximate surface area is 87.9 Å². The van der Waals surface area contributed by atoms with Crippen LogP contribution in [-0.2, 0) is 4.74 Å². The van der Waals surface area contributed by atoms with Gasteiger partial charge in [0.25, 0.3) is 0 Å². The number of aliphatic hydroxyl groups excluding tert-OH is 1. The lowest BCUT2D eigenvalue weighted by atomic mass is 9.93. The third-order valence-electron chi connectivity index (χ3n) is 2.65. The van der Waals surface area contributed by atoms with Gasteiger partial charge in [-0.05, 0) is 43.3 Å². The Morgan fingerprint density at radius 3 is 2.86 bits per heavy atom. The lowest BCUT2D eigenvalue weighted by molar-refractivity contribution is 0.00852. The van der Waals surface area contributed by atoms with Crippen molar-refractivity contribution in [2.24, 2.45) is 5.92 Å². The molecular weight excluding hydrogens is 198 g/mol. The molecule has 1 N–H and O–H groups in total. The molecule has 0 amide bonds. The summed E-state index contributed by atoms with van der Waals surface area (Å²) in [5, 5.41) is 10.1. The van der Waals surface area contributed by atoms with E-state index in [0.717, 1.165) is 36.6 Å². The van der Waals surface area contributed by atoms with Gasteiger partial charge in [0.1, 0.15) is 0 Å². The highest BCUT2D eigenvalue weighted by Crippen LogP contribution is 2.31. The van der Waals surface area contributed by atoms with Crippen LogP contribution in [0, 0.1) is 12.8 Å². The Balaban J connectivity index is 2.03. The fourth-order valence-corrected chi connectivity index (χ4v) is 2.61. The summed E-state index contributed by atoms with van der Waals surface area (Å²) >= 11 is 1.41. The standard InChI is InChI=1S/C10H15NO2S/c1-7-6-9(14-11-7)10(12)8-2-4-13-5-3-8/h6,8,10,12H,2-5H2,1H3. The van der Waals surface area contributed by atoms with Crippen molar-refractivity contribution in [1.29, 1.82) is 0 Å². The Kier molecular flexibility index (Phi) is 3.15. The number of aliphatic hydroxyl groups is 1. The molecule has 0 radical (unpaired) electrons. The summed E-state index contributed by atoms with van der Waals surface area (Å²) in [6.07, 6.45) is 1.57. The van der Waals surface area contributed by atoms with E-state index in [4.69, 9.17) is 4.74 Å². The highest BCUT2D eigenvalue weighted by molar-refractivity contribution is 7.05. The van der Waals surface area contributed by atoms with E-state index in [1.54, 1.807) is 0 Å². The molecule has 14 heavy (non-hydrogen) atoms. The minimum Gasteiger partial charge on any atom is -0.387 e. The van der Waals surface area contributed by atoms with Gasteiger partial charge in [0.15, 0.2) is 0 Å². The molecule has 1 atom stereocenters. The van der Waals surface area contributed by atoms with Crippen molar-refractivity contribution in [2.75, 3.05) is 13.2 Å². The number of aromatic nitrogens is 1. The van der Waals surface area contributed by atoms with E-state index in [1.165, 1.54) is 11.5 Å².